The van der Waals surface area contributed by atoms with Crippen LogP contribution >= 0.6 is 0 Å². The first kappa shape index (κ1) is 41.8. The number of rotatable bonds is 32. The van der Waals surface area contributed by atoms with E-state index < -0.39 is 28.0 Å². The van der Waals surface area contributed by atoms with Crippen LogP contribution in [0.4, 0.5) is 0 Å². The molecule has 0 fully saturated rings. The van der Waals surface area contributed by atoms with Gasteiger partial charge in [0.15, 0.2) is 0 Å². The summed E-state index contributed by atoms with van der Waals surface area (Å²) >= 11 is 0. The molecule has 7 heteroatoms. The normalized spacial score (nSPS) is 13.7. The van der Waals surface area contributed by atoms with Gasteiger partial charge in [-0.3, -0.25) is 9.35 Å². The third kappa shape index (κ3) is 32.0. The summed E-state index contributed by atoms with van der Waals surface area (Å²) in [6.07, 6.45) is 37.3. The summed E-state index contributed by atoms with van der Waals surface area (Å²) in [4.78, 5) is 12.4. The predicted octanol–water partition coefficient (Wildman–Crippen LogP) is 10.0. The SMILES string of the molecule is CCCCCCCCC/C=C\CCCCCCCC(=O)NC(CS(=O)(=O)O)C(O)/C=C/CCCCCCCCCCCC. The third-order valence-electron chi connectivity index (χ3n) is 8.12. The lowest BCUT2D eigenvalue weighted by molar-refractivity contribution is -0.122. The molecule has 43 heavy (non-hydrogen) atoms. The van der Waals surface area contributed by atoms with E-state index in [1.54, 1.807) is 6.08 Å². The van der Waals surface area contributed by atoms with Crippen LogP contribution in [-0.4, -0.2) is 41.9 Å². The van der Waals surface area contributed by atoms with Crippen molar-refractivity contribution in [2.45, 2.75) is 193 Å². The molecule has 0 heterocycles. The number of aliphatic hydroxyl groups excluding tert-OH is 1. The molecule has 0 rings (SSSR count). The van der Waals surface area contributed by atoms with E-state index in [4.69, 9.17) is 0 Å². The van der Waals surface area contributed by atoms with E-state index in [1.165, 1.54) is 103 Å². The van der Waals surface area contributed by atoms with Crippen molar-refractivity contribution >= 4 is 16.0 Å². The lowest BCUT2D eigenvalue weighted by atomic mass is 10.1. The lowest BCUT2D eigenvalue weighted by Crippen LogP contribution is -2.46. The second-order valence-corrected chi connectivity index (χ2v) is 14.0. The van der Waals surface area contributed by atoms with Crippen LogP contribution in [0.5, 0.6) is 0 Å². The van der Waals surface area contributed by atoms with Gasteiger partial charge in [0.2, 0.25) is 5.91 Å². The van der Waals surface area contributed by atoms with Crippen molar-refractivity contribution in [2.75, 3.05) is 5.75 Å². The highest BCUT2D eigenvalue weighted by molar-refractivity contribution is 7.85. The maximum atomic E-state index is 12.4. The van der Waals surface area contributed by atoms with Crippen LogP contribution in [0.2, 0.25) is 0 Å². The van der Waals surface area contributed by atoms with Gasteiger partial charge in [-0.25, -0.2) is 0 Å². The smallest absolute Gasteiger partial charge is 0.267 e. The number of nitrogens with one attached hydrogen (secondary N) is 1. The molecule has 0 radical (unpaired) electrons. The number of carbonyl (C=O) groups excluding carboxylic acids is 1. The number of carbonyl (C=O) groups is 1. The molecule has 0 aliphatic carbocycles. The molecule has 0 aliphatic rings. The minimum Gasteiger partial charge on any atom is -0.387 e. The second kappa shape index (κ2) is 30.8. The Morgan fingerprint density at radius 3 is 1.40 bits per heavy atom. The highest BCUT2D eigenvalue weighted by atomic mass is 32.2. The molecule has 0 bridgehead atoms. The third-order valence-corrected chi connectivity index (χ3v) is 8.90. The Kier molecular flexibility index (Phi) is 30.0. The summed E-state index contributed by atoms with van der Waals surface area (Å²) in [5.41, 5.74) is 0. The maximum Gasteiger partial charge on any atom is 0.267 e. The zero-order valence-corrected chi connectivity index (χ0v) is 28.9. The Labute approximate surface area is 266 Å². The molecule has 6 nitrogen and oxygen atoms in total. The first-order valence-electron chi connectivity index (χ1n) is 18.0. The Balaban J connectivity index is 4.00. The van der Waals surface area contributed by atoms with Crippen molar-refractivity contribution < 1.29 is 22.9 Å². The maximum absolute atomic E-state index is 12.4. The van der Waals surface area contributed by atoms with E-state index in [-0.39, 0.29) is 12.3 Å². The van der Waals surface area contributed by atoms with Crippen molar-refractivity contribution in [2.24, 2.45) is 0 Å². The minimum atomic E-state index is -4.34. The summed E-state index contributed by atoms with van der Waals surface area (Å²) < 4.78 is 32.3. The Hall–Kier alpha value is -1.18. The average Bonchev–Trinajstić information content (AvgIpc) is 2.96. The van der Waals surface area contributed by atoms with Gasteiger partial charge in [-0.15, -0.1) is 0 Å². The minimum absolute atomic E-state index is 0.287. The van der Waals surface area contributed by atoms with E-state index in [1.807, 2.05) is 6.08 Å². The molecule has 0 aromatic heterocycles. The zero-order valence-electron chi connectivity index (χ0n) is 28.1. The summed E-state index contributed by atoms with van der Waals surface area (Å²) in [6, 6.07) is -1.06. The zero-order chi connectivity index (χ0) is 31.9. The molecule has 1 amide bonds. The monoisotopic (exact) mass is 627 g/mol. The second-order valence-electron chi connectivity index (χ2n) is 12.5. The average molecular weight is 628 g/mol. The van der Waals surface area contributed by atoms with Crippen molar-refractivity contribution in [3.63, 3.8) is 0 Å². The van der Waals surface area contributed by atoms with Crippen LogP contribution in [0.15, 0.2) is 24.3 Å². The quantitative estimate of drug-likeness (QED) is 0.0391. The van der Waals surface area contributed by atoms with Crippen LogP contribution in [-0.2, 0) is 14.9 Å². The Bertz CT molecular complexity index is 781. The molecule has 0 aliphatic heterocycles. The Morgan fingerprint density at radius 2 is 0.977 bits per heavy atom. The highest BCUT2D eigenvalue weighted by Crippen LogP contribution is 2.13. The fraction of sp³-hybridized carbons (Fsp3) is 0.861. The first-order chi connectivity index (χ1) is 20.8. The van der Waals surface area contributed by atoms with Crippen LogP contribution in [0.3, 0.4) is 0 Å². The fourth-order valence-corrected chi connectivity index (χ4v) is 6.12. The van der Waals surface area contributed by atoms with Crippen LogP contribution in [0, 0.1) is 0 Å². The molecular weight excluding hydrogens is 558 g/mol. The summed E-state index contributed by atoms with van der Waals surface area (Å²) in [5, 5.41) is 13.1. The number of hydrogen-bond acceptors (Lipinski definition) is 4. The van der Waals surface area contributed by atoms with Gasteiger partial charge in [0.25, 0.3) is 10.1 Å². The van der Waals surface area contributed by atoms with Crippen LogP contribution < -0.4 is 5.32 Å². The van der Waals surface area contributed by atoms with Gasteiger partial charge in [-0.1, -0.05) is 154 Å². The fourth-order valence-electron chi connectivity index (χ4n) is 5.38. The van der Waals surface area contributed by atoms with Crippen LogP contribution in [0.25, 0.3) is 0 Å². The topological polar surface area (TPSA) is 104 Å². The Morgan fingerprint density at radius 1 is 0.605 bits per heavy atom. The van der Waals surface area contributed by atoms with Gasteiger partial charge in [0, 0.05) is 6.42 Å². The molecule has 254 valence electrons. The lowest BCUT2D eigenvalue weighted by Gasteiger charge is -2.21. The van der Waals surface area contributed by atoms with Crippen molar-refractivity contribution in [3.8, 4) is 0 Å². The molecule has 2 atom stereocenters. The molecule has 0 saturated heterocycles. The molecule has 0 aromatic rings. The molecule has 3 N–H and O–H groups in total. The van der Waals surface area contributed by atoms with E-state index in [9.17, 15) is 22.9 Å². The van der Waals surface area contributed by atoms with E-state index in [0.717, 1.165) is 57.8 Å². The van der Waals surface area contributed by atoms with Gasteiger partial charge in [-0.05, 0) is 44.9 Å². The van der Waals surface area contributed by atoms with E-state index in [2.05, 4.69) is 31.3 Å². The molecular formula is C36H69NO5S. The molecule has 2 unspecified atom stereocenters. The number of amides is 1. The predicted molar refractivity (Wildman–Crippen MR) is 184 cm³/mol. The van der Waals surface area contributed by atoms with Gasteiger partial charge in [0.05, 0.1) is 17.9 Å². The van der Waals surface area contributed by atoms with Crippen molar-refractivity contribution in [1.82, 2.24) is 5.32 Å². The summed E-state index contributed by atoms with van der Waals surface area (Å²) in [6.45, 7) is 4.49. The largest absolute Gasteiger partial charge is 0.387 e. The molecule has 0 aromatic carbocycles. The highest BCUT2D eigenvalue weighted by Gasteiger charge is 2.24. The van der Waals surface area contributed by atoms with Gasteiger partial charge < -0.3 is 10.4 Å². The summed E-state index contributed by atoms with van der Waals surface area (Å²) in [7, 11) is -4.34. The van der Waals surface area contributed by atoms with Crippen molar-refractivity contribution in [1.29, 1.82) is 0 Å². The standard InChI is InChI=1S/C36H69NO5S/c1-3-5-7-9-11-13-15-17-18-19-20-22-24-26-28-30-32-36(39)37-34(33-43(40,41)42)35(38)31-29-27-25-23-21-16-14-12-10-8-6-4-2/h18-19,29,31,34-35,38H,3-17,20-28,30,32-33H2,1-2H3,(H,37,39)(H,40,41,42)/b19-18-,31-29+. The van der Waals surface area contributed by atoms with E-state index >= 15 is 0 Å². The van der Waals surface area contributed by atoms with Gasteiger partial charge in [0.1, 0.15) is 0 Å². The molecule has 0 spiro atoms. The number of aliphatic hydroxyl groups is 1. The van der Waals surface area contributed by atoms with Gasteiger partial charge >= 0.3 is 0 Å². The first-order valence-corrected chi connectivity index (χ1v) is 19.6. The number of unbranched alkanes of at least 4 members (excludes halogenated alkanes) is 22. The number of allylic oxidation sites excluding steroid dienone is 3. The summed E-state index contributed by atoms with van der Waals surface area (Å²) in [5.74, 6) is -0.987. The van der Waals surface area contributed by atoms with E-state index in [0.29, 0.717) is 0 Å². The van der Waals surface area contributed by atoms with Gasteiger partial charge in [-0.2, -0.15) is 8.42 Å². The van der Waals surface area contributed by atoms with Crippen molar-refractivity contribution in [3.05, 3.63) is 24.3 Å². The van der Waals surface area contributed by atoms with Crippen LogP contribution in [0.1, 0.15) is 181 Å². The number of hydrogen-bond donors (Lipinski definition) is 3. The molecule has 0 saturated carbocycles.